The molecule has 0 unspecified atom stereocenters. The third kappa shape index (κ3) is 3.51. The van der Waals surface area contributed by atoms with Gasteiger partial charge in [-0.05, 0) is 6.07 Å². The van der Waals surface area contributed by atoms with Gasteiger partial charge in [-0.15, -0.1) is 6.58 Å². The Kier molecular flexibility index (Phi) is 5.59. The van der Waals surface area contributed by atoms with Crippen LogP contribution in [0.2, 0.25) is 0 Å². The van der Waals surface area contributed by atoms with Gasteiger partial charge in [0.2, 0.25) is 0 Å². The Hall–Kier alpha value is -1.46. The standard InChI is InChI=1S/C12H18FN3O/c1-3-6-16(7-8-17-2)12-11(13)10(9-14)4-5-15-12/h3-5H,1,6-9,14H2,2H3. The van der Waals surface area contributed by atoms with Crippen molar-refractivity contribution in [2.45, 2.75) is 6.54 Å². The van der Waals surface area contributed by atoms with E-state index in [-0.39, 0.29) is 12.4 Å². The van der Waals surface area contributed by atoms with E-state index in [4.69, 9.17) is 10.5 Å². The summed E-state index contributed by atoms with van der Waals surface area (Å²) in [5.74, 6) is -0.0714. The molecule has 17 heavy (non-hydrogen) atoms. The molecule has 0 atom stereocenters. The van der Waals surface area contributed by atoms with E-state index in [0.29, 0.717) is 31.1 Å². The zero-order valence-electron chi connectivity index (χ0n) is 10.0. The highest BCUT2D eigenvalue weighted by Gasteiger charge is 2.14. The van der Waals surface area contributed by atoms with Crippen molar-refractivity contribution in [1.82, 2.24) is 4.98 Å². The Bertz CT molecular complexity index is 371. The van der Waals surface area contributed by atoms with Crippen LogP contribution in [0.25, 0.3) is 0 Å². The zero-order chi connectivity index (χ0) is 12.7. The summed E-state index contributed by atoms with van der Waals surface area (Å²) in [6, 6.07) is 1.58. The summed E-state index contributed by atoms with van der Waals surface area (Å²) >= 11 is 0. The Balaban J connectivity index is 2.95. The van der Waals surface area contributed by atoms with Crippen molar-refractivity contribution in [3.8, 4) is 0 Å². The summed E-state index contributed by atoms with van der Waals surface area (Å²) in [6.45, 7) is 5.38. The highest BCUT2D eigenvalue weighted by Crippen LogP contribution is 2.18. The second-order valence-electron chi connectivity index (χ2n) is 3.54. The lowest BCUT2D eigenvalue weighted by Gasteiger charge is -2.22. The maximum atomic E-state index is 14.0. The molecule has 4 nitrogen and oxygen atoms in total. The van der Waals surface area contributed by atoms with E-state index in [9.17, 15) is 4.39 Å². The van der Waals surface area contributed by atoms with Crippen molar-refractivity contribution in [2.75, 3.05) is 31.7 Å². The van der Waals surface area contributed by atoms with E-state index in [0.717, 1.165) is 0 Å². The molecule has 0 bridgehead atoms. The summed E-state index contributed by atoms with van der Waals surface area (Å²) in [5, 5.41) is 0. The lowest BCUT2D eigenvalue weighted by atomic mass is 10.2. The molecule has 0 aliphatic rings. The van der Waals surface area contributed by atoms with Crippen molar-refractivity contribution in [2.24, 2.45) is 5.73 Å². The maximum Gasteiger partial charge on any atom is 0.170 e. The number of methoxy groups -OCH3 is 1. The number of pyridine rings is 1. The molecule has 1 aromatic rings. The van der Waals surface area contributed by atoms with Gasteiger partial charge in [0.15, 0.2) is 11.6 Å². The van der Waals surface area contributed by atoms with Crippen LogP contribution in [0.1, 0.15) is 5.56 Å². The number of halogens is 1. The van der Waals surface area contributed by atoms with Crippen molar-refractivity contribution in [3.05, 3.63) is 36.3 Å². The van der Waals surface area contributed by atoms with Crippen LogP contribution in [0.15, 0.2) is 24.9 Å². The van der Waals surface area contributed by atoms with Gasteiger partial charge in [0.05, 0.1) is 6.61 Å². The largest absolute Gasteiger partial charge is 0.383 e. The first-order valence-electron chi connectivity index (χ1n) is 5.42. The van der Waals surface area contributed by atoms with Gasteiger partial charge in [-0.2, -0.15) is 0 Å². The van der Waals surface area contributed by atoms with Crippen LogP contribution in [0, 0.1) is 5.82 Å². The van der Waals surface area contributed by atoms with Gasteiger partial charge in [0.1, 0.15) is 0 Å². The Labute approximate surface area is 101 Å². The van der Waals surface area contributed by atoms with Crippen molar-refractivity contribution in [3.63, 3.8) is 0 Å². The van der Waals surface area contributed by atoms with E-state index in [2.05, 4.69) is 11.6 Å². The minimum atomic E-state index is -0.368. The van der Waals surface area contributed by atoms with Crippen LogP contribution in [0.5, 0.6) is 0 Å². The van der Waals surface area contributed by atoms with Gasteiger partial charge in [-0.3, -0.25) is 0 Å². The smallest absolute Gasteiger partial charge is 0.170 e. The molecule has 0 aliphatic heterocycles. The average molecular weight is 239 g/mol. The number of nitrogens with zero attached hydrogens (tertiary/aromatic N) is 2. The van der Waals surface area contributed by atoms with E-state index >= 15 is 0 Å². The molecule has 94 valence electrons. The van der Waals surface area contributed by atoms with Crippen LogP contribution >= 0.6 is 0 Å². The van der Waals surface area contributed by atoms with E-state index in [1.54, 1.807) is 30.3 Å². The zero-order valence-corrected chi connectivity index (χ0v) is 10.0. The number of ether oxygens (including phenoxy) is 1. The highest BCUT2D eigenvalue weighted by molar-refractivity contribution is 5.43. The number of nitrogens with two attached hydrogens (primary N) is 1. The topological polar surface area (TPSA) is 51.4 Å². The van der Waals surface area contributed by atoms with Gasteiger partial charge >= 0.3 is 0 Å². The summed E-state index contributed by atoms with van der Waals surface area (Å²) in [5.41, 5.74) is 5.92. The predicted octanol–water partition coefficient (Wildman–Crippen LogP) is 1.32. The predicted molar refractivity (Wildman–Crippen MR) is 66.4 cm³/mol. The fourth-order valence-corrected chi connectivity index (χ4v) is 1.49. The van der Waals surface area contributed by atoms with Gasteiger partial charge in [-0.25, -0.2) is 9.37 Å². The number of aromatic nitrogens is 1. The molecule has 1 rings (SSSR count). The summed E-state index contributed by atoms with van der Waals surface area (Å²) in [4.78, 5) is 5.82. The lowest BCUT2D eigenvalue weighted by Crippen LogP contribution is -2.29. The monoisotopic (exact) mass is 239 g/mol. The summed E-state index contributed by atoms with van der Waals surface area (Å²) in [6.07, 6.45) is 3.26. The van der Waals surface area contributed by atoms with Crippen LogP contribution in [0.4, 0.5) is 10.2 Å². The van der Waals surface area contributed by atoms with Crippen LogP contribution in [0.3, 0.4) is 0 Å². The fourth-order valence-electron chi connectivity index (χ4n) is 1.49. The molecule has 0 saturated heterocycles. The first kappa shape index (κ1) is 13.6. The Morgan fingerprint density at radius 1 is 1.65 bits per heavy atom. The average Bonchev–Trinajstić information content (AvgIpc) is 2.35. The molecular formula is C12H18FN3O. The minimum Gasteiger partial charge on any atom is -0.383 e. The molecular weight excluding hydrogens is 221 g/mol. The maximum absolute atomic E-state index is 14.0. The Morgan fingerprint density at radius 2 is 2.41 bits per heavy atom. The molecule has 1 heterocycles. The number of anilines is 1. The quantitative estimate of drug-likeness (QED) is 0.729. The molecule has 0 amide bonds. The van der Waals surface area contributed by atoms with Gasteiger partial charge in [-0.1, -0.05) is 6.08 Å². The second kappa shape index (κ2) is 6.98. The first-order chi connectivity index (χ1) is 8.24. The molecule has 0 fully saturated rings. The van der Waals surface area contributed by atoms with Gasteiger partial charge in [0.25, 0.3) is 0 Å². The Morgan fingerprint density at radius 3 is 3.00 bits per heavy atom. The molecule has 0 saturated carbocycles. The minimum absolute atomic E-state index is 0.160. The van der Waals surface area contributed by atoms with Crippen LogP contribution in [-0.4, -0.2) is 31.8 Å². The SMILES string of the molecule is C=CCN(CCOC)c1nccc(CN)c1F. The molecule has 1 aromatic heterocycles. The highest BCUT2D eigenvalue weighted by atomic mass is 19.1. The molecule has 5 heteroatoms. The number of rotatable bonds is 7. The second-order valence-corrected chi connectivity index (χ2v) is 3.54. The summed E-state index contributed by atoms with van der Waals surface area (Å²) < 4.78 is 19.0. The van der Waals surface area contributed by atoms with Crippen molar-refractivity contribution < 1.29 is 9.13 Å². The lowest BCUT2D eigenvalue weighted by molar-refractivity contribution is 0.205. The molecule has 0 radical (unpaired) electrons. The van der Waals surface area contributed by atoms with Crippen molar-refractivity contribution >= 4 is 5.82 Å². The number of hydrogen-bond acceptors (Lipinski definition) is 4. The first-order valence-corrected chi connectivity index (χ1v) is 5.42. The van der Waals surface area contributed by atoms with Crippen LogP contribution < -0.4 is 10.6 Å². The van der Waals surface area contributed by atoms with Crippen molar-refractivity contribution in [1.29, 1.82) is 0 Å². The molecule has 2 N–H and O–H groups in total. The normalized spacial score (nSPS) is 10.3. The van der Waals surface area contributed by atoms with Crippen LogP contribution in [-0.2, 0) is 11.3 Å². The van der Waals surface area contributed by atoms with Gasteiger partial charge < -0.3 is 15.4 Å². The molecule has 0 spiro atoms. The van der Waals surface area contributed by atoms with E-state index in [1.165, 1.54) is 0 Å². The molecule has 0 aromatic carbocycles. The summed E-state index contributed by atoms with van der Waals surface area (Å²) in [7, 11) is 1.60. The van der Waals surface area contributed by atoms with E-state index in [1.807, 2.05) is 0 Å². The third-order valence-corrected chi connectivity index (χ3v) is 2.39. The fraction of sp³-hybridized carbons (Fsp3) is 0.417. The van der Waals surface area contributed by atoms with Gasteiger partial charge in [0, 0.05) is 38.5 Å². The van der Waals surface area contributed by atoms with E-state index < -0.39 is 0 Å². The third-order valence-electron chi connectivity index (χ3n) is 2.39. The molecule has 0 aliphatic carbocycles. The number of hydrogen-bond donors (Lipinski definition) is 1.